The molecule has 6 heteroatoms. The van der Waals surface area contributed by atoms with Crippen molar-refractivity contribution in [1.29, 1.82) is 0 Å². The van der Waals surface area contributed by atoms with Crippen LogP contribution in [-0.2, 0) is 12.8 Å². The standard InChI is InChI=1S/C24H20IN3O2/c1-30-22-11-10-20-23(27-22)17(21-14-15-6-2-5-9-19(15)28(20)21)12-13-26-24(29)16-7-3-4-8-18(16)25/h2-11H,12-14H2,1H3,(H,26,29). The second-order valence-corrected chi connectivity index (χ2v) is 8.44. The van der Waals surface area contributed by atoms with E-state index in [9.17, 15) is 4.79 Å². The minimum Gasteiger partial charge on any atom is -0.481 e. The number of rotatable bonds is 5. The predicted molar refractivity (Wildman–Crippen MR) is 126 cm³/mol. The minimum absolute atomic E-state index is 0.0472. The average molecular weight is 509 g/mol. The number of carbonyl (C=O) groups is 1. The van der Waals surface area contributed by atoms with E-state index < -0.39 is 0 Å². The van der Waals surface area contributed by atoms with Crippen molar-refractivity contribution in [3.8, 4) is 11.6 Å². The van der Waals surface area contributed by atoms with Crippen LogP contribution >= 0.6 is 22.6 Å². The van der Waals surface area contributed by atoms with Gasteiger partial charge < -0.3 is 14.6 Å². The molecule has 150 valence electrons. The summed E-state index contributed by atoms with van der Waals surface area (Å²) in [5.41, 5.74) is 7.67. The first kappa shape index (κ1) is 19.1. The van der Waals surface area contributed by atoms with E-state index >= 15 is 0 Å². The first-order chi connectivity index (χ1) is 14.7. The van der Waals surface area contributed by atoms with Gasteiger partial charge in [-0.25, -0.2) is 4.98 Å². The fourth-order valence-electron chi connectivity index (χ4n) is 4.19. The Morgan fingerprint density at radius 3 is 2.77 bits per heavy atom. The second-order valence-electron chi connectivity index (χ2n) is 7.27. The number of ether oxygens (including phenoxy) is 1. The van der Waals surface area contributed by atoms with Crippen LogP contribution in [0.2, 0.25) is 0 Å². The first-order valence-electron chi connectivity index (χ1n) is 9.85. The molecule has 0 spiro atoms. The van der Waals surface area contributed by atoms with Gasteiger partial charge in [0.2, 0.25) is 5.88 Å². The highest BCUT2D eigenvalue weighted by Gasteiger charge is 2.26. The zero-order valence-electron chi connectivity index (χ0n) is 16.5. The molecule has 5 rings (SSSR count). The number of benzene rings is 2. The monoisotopic (exact) mass is 509 g/mol. The van der Waals surface area contributed by atoms with Crippen molar-refractivity contribution in [2.45, 2.75) is 12.8 Å². The molecule has 1 amide bonds. The van der Waals surface area contributed by atoms with Crippen LogP contribution in [-0.4, -0.2) is 29.1 Å². The molecule has 2 aromatic carbocycles. The van der Waals surface area contributed by atoms with Crippen LogP contribution in [0.4, 0.5) is 0 Å². The van der Waals surface area contributed by atoms with Crippen molar-refractivity contribution in [3.63, 3.8) is 0 Å². The lowest BCUT2D eigenvalue weighted by Gasteiger charge is -2.08. The van der Waals surface area contributed by atoms with E-state index in [1.807, 2.05) is 30.3 Å². The summed E-state index contributed by atoms with van der Waals surface area (Å²) in [5, 5.41) is 3.07. The van der Waals surface area contributed by atoms with Gasteiger partial charge in [-0.15, -0.1) is 0 Å². The summed E-state index contributed by atoms with van der Waals surface area (Å²) < 4.78 is 8.62. The van der Waals surface area contributed by atoms with Crippen LogP contribution in [0, 0.1) is 3.57 Å². The Morgan fingerprint density at radius 2 is 1.93 bits per heavy atom. The Bertz CT molecular complexity index is 1280. The molecule has 1 aliphatic rings. The van der Waals surface area contributed by atoms with E-state index in [1.165, 1.54) is 22.5 Å². The molecule has 0 atom stereocenters. The number of nitrogens with zero attached hydrogens (tertiary/aromatic N) is 2. The van der Waals surface area contributed by atoms with Crippen molar-refractivity contribution in [2.75, 3.05) is 13.7 Å². The molecule has 1 aliphatic heterocycles. The Labute approximate surface area is 188 Å². The largest absolute Gasteiger partial charge is 0.481 e. The van der Waals surface area contributed by atoms with Crippen molar-refractivity contribution >= 4 is 39.5 Å². The summed E-state index contributed by atoms with van der Waals surface area (Å²) in [5.74, 6) is 0.554. The van der Waals surface area contributed by atoms with Gasteiger partial charge in [0.1, 0.15) is 0 Å². The lowest BCUT2D eigenvalue weighted by Crippen LogP contribution is -2.26. The Balaban J connectivity index is 1.48. The average Bonchev–Trinajstić information content (AvgIpc) is 3.28. The number of amides is 1. The van der Waals surface area contributed by atoms with E-state index in [0.29, 0.717) is 24.4 Å². The van der Waals surface area contributed by atoms with Crippen molar-refractivity contribution in [3.05, 3.63) is 86.6 Å². The van der Waals surface area contributed by atoms with Crippen LogP contribution in [0.3, 0.4) is 0 Å². The maximum absolute atomic E-state index is 12.6. The molecule has 0 saturated carbocycles. The highest BCUT2D eigenvalue weighted by atomic mass is 127. The zero-order chi connectivity index (χ0) is 20.7. The van der Waals surface area contributed by atoms with Gasteiger partial charge in [-0.2, -0.15) is 0 Å². The topological polar surface area (TPSA) is 56.1 Å². The van der Waals surface area contributed by atoms with Crippen molar-refractivity contribution < 1.29 is 9.53 Å². The Kier molecular flexibility index (Phi) is 4.94. The number of carbonyl (C=O) groups excluding carboxylic acids is 1. The lowest BCUT2D eigenvalue weighted by molar-refractivity contribution is 0.0953. The fourth-order valence-corrected chi connectivity index (χ4v) is 4.82. The third kappa shape index (κ3) is 3.15. The van der Waals surface area contributed by atoms with E-state index in [-0.39, 0.29) is 5.91 Å². The van der Waals surface area contributed by atoms with Crippen LogP contribution in [0.1, 0.15) is 27.2 Å². The number of pyridine rings is 1. The summed E-state index contributed by atoms with van der Waals surface area (Å²) in [6.45, 7) is 0.547. The molecular weight excluding hydrogens is 489 g/mol. The predicted octanol–water partition coefficient (Wildman–Crippen LogP) is 4.52. The van der Waals surface area contributed by atoms with Gasteiger partial charge in [0.25, 0.3) is 5.91 Å². The molecule has 4 aromatic rings. The SMILES string of the molecule is COc1ccc2c(n1)c(CCNC(=O)c1ccccc1I)c1n2-c2ccccc2C1. The second kappa shape index (κ2) is 7.75. The number of aromatic nitrogens is 2. The molecule has 0 aliphatic carbocycles. The molecule has 2 aromatic heterocycles. The molecule has 0 bridgehead atoms. The van der Waals surface area contributed by atoms with E-state index in [0.717, 1.165) is 21.0 Å². The number of para-hydroxylation sites is 1. The van der Waals surface area contributed by atoms with Crippen molar-refractivity contribution in [2.24, 2.45) is 0 Å². The highest BCUT2D eigenvalue weighted by Crippen LogP contribution is 2.37. The molecule has 3 heterocycles. The van der Waals surface area contributed by atoms with Crippen LogP contribution < -0.4 is 10.1 Å². The summed E-state index contributed by atoms with van der Waals surface area (Å²) >= 11 is 2.19. The Morgan fingerprint density at radius 1 is 1.13 bits per heavy atom. The van der Waals surface area contributed by atoms with Crippen LogP contribution in [0.5, 0.6) is 5.88 Å². The summed E-state index contributed by atoms with van der Waals surface area (Å²) in [7, 11) is 1.63. The molecule has 5 nitrogen and oxygen atoms in total. The van der Waals surface area contributed by atoms with Crippen LogP contribution in [0.25, 0.3) is 16.7 Å². The van der Waals surface area contributed by atoms with Gasteiger partial charge in [-0.3, -0.25) is 4.79 Å². The summed E-state index contributed by atoms with van der Waals surface area (Å²) in [6, 6.07) is 20.1. The smallest absolute Gasteiger partial charge is 0.252 e. The van der Waals surface area contributed by atoms with Gasteiger partial charge in [-0.1, -0.05) is 30.3 Å². The number of methoxy groups -OCH3 is 1. The fraction of sp³-hybridized carbons (Fsp3) is 0.167. The van der Waals surface area contributed by atoms with Gasteiger partial charge in [0, 0.05) is 39.5 Å². The molecule has 0 radical (unpaired) electrons. The van der Waals surface area contributed by atoms with Gasteiger partial charge in [0.15, 0.2) is 0 Å². The minimum atomic E-state index is -0.0472. The number of hydrogen-bond acceptors (Lipinski definition) is 3. The van der Waals surface area contributed by atoms with Gasteiger partial charge in [-0.05, 0) is 58.8 Å². The number of fused-ring (bicyclic) bond motifs is 5. The molecule has 0 saturated heterocycles. The van der Waals surface area contributed by atoms with E-state index in [4.69, 9.17) is 9.72 Å². The maximum atomic E-state index is 12.6. The maximum Gasteiger partial charge on any atom is 0.252 e. The molecule has 30 heavy (non-hydrogen) atoms. The third-order valence-corrected chi connectivity index (χ3v) is 6.51. The van der Waals surface area contributed by atoms with E-state index in [1.54, 1.807) is 7.11 Å². The number of halogens is 1. The molecule has 1 N–H and O–H groups in total. The number of hydrogen-bond donors (Lipinski definition) is 1. The summed E-state index contributed by atoms with van der Waals surface area (Å²) in [6.07, 6.45) is 1.58. The quantitative estimate of drug-likeness (QED) is 0.355. The van der Waals surface area contributed by atoms with E-state index in [2.05, 4.69) is 62.8 Å². The molecule has 0 fully saturated rings. The summed E-state index contributed by atoms with van der Waals surface area (Å²) in [4.78, 5) is 17.4. The molecular formula is C24H20IN3O2. The van der Waals surface area contributed by atoms with Crippen LogP contribution in [0.15, 0.2) is 60.7 Å². The Hall–Kier alpha value is -2.87. The van der Waals surface area contributed by atoms with Gasteiger partial charge >= 0.3 is 0 Å². The third-order valence-electron chi connectivity index (χ3n) is 5.57. The first-order valence-corrected chi connectivity index (χ1v) is 10.9. The highest BCUT2D eigenvalue weighted by molar-refractivity contribution is 14.1. The molecule has 0 unspecified atom stereocenters. The van der Waals surface area contributed by atoms with Gasteiger partial charge in [0.05, 0.1) is 23.7 Å². The lowest BCUT2D eigenvalue weighted by atomic mass is 10.1. The van der Waals surface area contributed by atoms with Crippen molar-refractivity contribution in [1.82, 2.24) is 14.9 Å². The zero-order valence-corrected chi connectivity index (χ0v) is 18.6. The number of nitrogens with one attached hydrogen (secondary N) is 1. The normalized spacial score (nSPS) is 11.9.